The summed E-state index contributed by atoms with van der Waals surface area (Å²) in [5.74, 6) is -5.32. The molecule has 0 aromatic heterocycles. The number of carbonyl (C=O) groups is 2. The van der Waals surface area contributed by atoms with E-state index in [9.17, 15) is 55.5 Å². The van der Waals surface area contributed by atoms with E-state index in [4.69, 9.17) is 47.4 Å². The van der Waals surface area contributed by atoms with Gasteiger partial charge in [0, 0.05) is 36.0 Å². The third-order valence-corrected chi connectivity index (χ3v) is 11.6. The van der Waals surface area contributed by atoms with Gasteiger partial charge in [0.15, 0.2) is 18.9 Å². The van der Waals surface area contributed by atoms with E-state index in [1.165, 1.54) is 13.2 Å². The van der Waals surface area contributed by atoms with Gasteiger partial charge in [0.1, 0.15) is 61.0 Å². The fourth-order valence-corrected chi connectivity index (χ4v) is 8.28. The Morgan fingerprint density at radius 1 is 0.772 bits per heavy atom. The lowest BCUT2D eigenvalue weighted by Gasteiger charge is -2.43. The Morgan fingerprint density at radius 2 is 1.35 bits per heavy atom. The minimum atomic E-state index is -1.76. The predicted molar refractivity (Wildman–Crippen MR) is 182 cm³/mol. The van der Waals surface area contributed by atoms with Crippen LogP contribution in [-0.4, -0.2) is 184 Å². The third kappa shape index (κ3) is 8.74. The van der Waals surface area contributed by atoms with Crippen molar-refractivity contribution in [2.45, 2.75) is 112 Å². The monoisotopic (exact) mass is 820 g/mol. The van der Waals surface area contributed by atoms with Crippen molar-refractivity contribution >= 4 is 11.9 Å². The van der Waals surface area contributed by atoms with E-state index >= 15 is 0 Å². The first-order valence-electron chi connectivity index (χ1n) is 18.7. The van der Waals surface area contributed by atoms with Crippen molar-refractivity contribution in [2.24, 2.45) is 29.6 Å². The summed E-state index contributed by atoms with van der Waals surface area (Å²) in [4.78, 5) is 27.1. The highest BCUT2D eigenvalue weighted by molar-refractivity contribution is 5.90. The Bertz CT molecular complexity index is 1470. The zero-order valence-electron chi connectivity index (χ0n) is 31.2. The molecule has 1 saturated carbocycles. The van der Waals surface area contributed by atoms with E-state index in [2.05, 4.69) is 6.58 Å². The lowest BCUT2D eigenvalue weighted by molar-refractivity contribution is -0.342. The summed E-state index contributed by atoms with van der Waals surface area (Å²) in [7, 11) is 1.19. The van der Waals surface area contributed by atoms with Crippen LogP contribution in [0.5, 0.6) is 0 Å². The number of fused-ring (bicyclic) bond motifs is 1. The lowest BCUT2D eigenvalue weighted by Crippen LogP contribution is -2.60. The minimum Gasteiger partial charge on any atom is -0.472 e. The van der Waals surface area contributed by atoms with Gasteiger partial charge >= 0.3 is 11.9 Å². The molecule has 4 fully saturated rings. The average Bonchev–Trinajstić information content (AvgIpc) is 3.81. The summed E-state index contributed by atoms with van der Waals surface area (Å²) in [6.45, 7) is 3.97. The van der Waals surface area contributed by atoms with E-state index in [0.717, 1.165) is 12.5 Å². The van der Waals surface area contributed by atoms with Crippen molar-refractivity contribution in [3.8, 4) is 0 Å². The number of aliphatic hydroxyl groups is 9. The van der Waals surface area contributed by atoms with Crippen molar-refractivity contribution in [2.75, 3.05) is 33.5 Å². The van der Waals surface area contributed by atoms with Crippen LogP contribution in [0.3, 0.4) is 0 Å². The van der Waals surface area contributed by atoms with Gasteiger partial charge in [-0.2, -0.15) is 0 Å². The molecule has 0 spiro atoms. The standard InChI is InChI=1S/C36H52O21/c1-4-15-16(6-23-49-10-14(7-37)52-23)18(11-50-33(15)56-35-29(44)27(42)25(40)21(8-38)54-35)32(47)53-20-5-17-19(31(46)48-3)12-51-34(24(17)13(20)2)57-36-30(45)28(43)26(41)22(9-39)55-36/h4,11-17,20-30,33-45H,1,5-10H2,2-3H3/t13-,14+,15+,16-,17+,20-,21+,22+,23+,24+,25+,26+,27-,28-,29+,30+,33-,34-,35-,36-/m0/s1. The van der Waals surface area contributed by atoms with Crippen LogP contribution in [0.1, 0.15) is 19.8 Å². The number of hydrogen-bond donors (Lipinski definition) is 9. The molecule has 21 nitrogen and oxygen atoms in total. The number of carbonyl (C=O) groups excluding carboxylic acids is 2. The van der Waals surface area contributed by atoms with Crippen LogP contribution in [0.15, 0.2) is 36.3 Å². The predicted octanol–water partition coefficient (Wildman–Crippen LogP) is -4.00. The van der Waals surface area contributed by atoms with E-state index in [1.807, 2.05) is 0 Å². The summed E-state index contributed by atoms with van der Waals surface area (Å²) < 4.78 is 57.2. The fourth-order valence-electron chi connectivity index (χ4n) is 8.28. The molecule has 5 heterocycles. The summed E-state index contributed by atoms with van der Waals surface area (Å²) in [6, 6.07) is 0. The second kappa shape index (κ2) is 18.6. The van der Waals surface area contributed by atoms with Gasteiger partial charge in [0.05, 0.1) is 57.2 Å². The maximum atomic E-state index is 14.2. The van der Waals surface area contributed by atoms with Crippen LogP contribution in [0.4, 0.5) is 0 Å². The zero-order valence-corrected chi connectivity index (χ0v) is 31.2. The molecule has 0 aromatic rings. The summed E-state index contributed by atoms with van der Waals surface area (Å²) in [5.41, 5.74) is 0.109. The fraction of sp³-hybridized carbons (Fsp3) is 0.778. The number of rotatable bonds is 13. The molecule has 0 bridgehead atoms. The second-order valence-electron chi connectivity index (χ2n) is 14.9. The van der Waals surface area contributed by atoms with Crippen LogP contribution in [0.25, 0.3) is 0 Å². The maximum absolute atomic E-state index is 14.2. The van der Waals surface area contributed by atoms with Gasteiger partial charge in [-0.15, -0.1) is 6.58 Å². The quantitative estimate of drug-likeness (QED) is 0.0632. The van der Waals surface area contributed by atoms with E-state index in [0.29, 0.717) is 0 Å². The van der Waals surface area contributed by atoms with Gasteiger partial charge in [0.25, 0.3) is 0 Å². The highest BCUT2D eigenvalue weighted by Crippen LogP contribution is 2.49. The Hall–Kier alpha value is -2.84. The third-order valence-electron chi connectivity index (χ3n) is 11.6. The molecule has 1 aliphatic carbocycles. The molecule has 21 heteroatoms. The molecule has 322 valence electrons. The van der Waals surface area contributed by atoms with Crippen molar-refractivity contribution in [3.63, 3.8) is 0 Å². The zero-order chi connectivity index (χ0) is 41.3. The number of hydrogen-bond acceptors (Lipinski definition) is 21. The maximum Gasteiger partial charge on any atom is 0.337 e. The first kappa shape index (κ1) is 43.7. The number of ether oxygens (including phenoxy) is 10. The van der Waals surface area contributed by atoms with Crippen molar-refractivity contribution < 1.29 is 103 Å². The highest BCUT2D eigenvalue weighted by Gasteiger charge is 2.56. The Morgan fingerprint density at radius 3 is 1.89 bits per heavy atom. The molecule has 0 radical (unpaired) electrons. The topological polar surface area (TPSA) is 309 Å². The van der Waals surface area contributed by atoms with E-state index in [-0.39, 0.29) is 37.2 Å². The second-order valence-corrected chi connectivity index (χ2v) is 14.9. The number of methoxy groups -OCH3 is 1. The molecule has 20 atom stereocenters. The Balaban J connectivity index is 1.23. The molecule has 57 heavy (non-hydrogen) atoms. The molecular formula is C36H52O21. The van der Waals surface area contributed by atoms with Gasteiger partial charge in [-0.25, -0.2) is 9.59 Å². The van der Waals surface area contributed by atoms with Gasteiger partial charge in [-0.3, -0.25) is 0 Å². The Kier molecular flexibility index (Phi) is 14.3. The first-order chi connectivity index (χ1) is 27.3. The summed E-state index contributed by atoms with van der Waals surface area (Å²) in [6.07, 6.45) is -17.2. The molecule has 5 aliphatic heterocycles. The summed E-state index contributed by atoms with van der Waals surface area (Å²) >= 11 is 0. The molecule has 6 rings (SSSR count). The molecule has 6 aliphatic rings. The largest absolute Gasteiger partial charge is 0.472 e. The Labute approximate surface area is 326 Å². The molecular weight excluding hydrogens is 768 g/mol. The first-order valence-corrected chi connectivity index (χ1v) is 18.7. The van der Waals surface area contributed by atoms with Crippen LogP contribution in [0, 0.1) is 29.6 Å². The smallest absolute Gasteiger partial charge is 0.337 e. The van der Waals surface area contributed by atoms with Gasteiger partial charge in [-0.1, -0.05) is 13.0 Å². The van der Waals surface area contributed by atoms with Crippen LogP contribution in [0.2, 0.25) is 0 Å². The SMILES string of the molecule is C=C[C@H]1[C@H](O[C@@H]2O[C@H](CO)[C@@H](O)[C@H](O)[C@H]2O)OC=C(C(=O)O[C@H]2C[C@@H]3C(C(=O)OC)=CO[C@@H](O[C@@H]4O[C@H](CO)[C@@H](O)[C@H](O)[C@H]4O)[C@@H]3[C@H]2C)[C@H]1C[C@@H]1OC[C@@H](CO)O1. The lowest BCUT2D eigenvalue weighted by atomic mass is 9.81. The molecule has 0 amide bonds. The van der Waals surface area contributed by atoms with Crippen LogP contribution < -0.4 is 0 Å². The van der Waals surface area contributed by atoms with E-state index in [1.54, 1.807) is 6.92 Å². The number of esters is 2. The molecule has 9 N–H and O–H groups in total. The highest BCUT2D eigenvalue weighted by atomic mass is 16.8. The molecule has 0 aromatic carbocycles. The van der Waals surface area contributed by atoms with Crippen molar-refractivity contribution in [3.05, 3.63) is 36.3 Å². The normalized spacial score (nSPS) is 45.8. The van der Waals surface area contributed by atoms with Crippen LogP contribution >= 0.6 is 0 Å². The minimum absolute atomic E-state index is 0.00440. The van der Waals surface area contributed by atoms with Crippen molar-refractivity contribution in [1.29, 1.82) is 0 Å². The molecule has 0 unspecified atom stereocenters. The van der Waals surface area contributed by atoms with Crippen molar-refractivity contribution in [1.82, 2.24) is 0 Å². The van der Waals surface area contributed by atoms with E-state index < -0.39 is 147 Å². The molecule has 3 saturated heterocycles. The number of aliphatic hydroxyl groups excluding tert-OH is 9. The average molecular weight is 821 g/mol. The van der Waals surface area contributed by atoms with Gasteiger partial charge in [-0.05, 0) is 6.42 Å². The van der Waals surface area contributed by atoms with Gasteiger partial charge in [0.2, 0.25) is 12.6 Å². The van der Waals surface area contributed by atoms with Crippen LogP contribution in [-0.2, 0) is 57.0 Å². The van der Waals surface area contributed by atoms with Gasteiger partial charge < -0.3 is 93.3 Å². The summed E-state index contributed by atoms with van der Waals surface area (Å²) in [5, 5.41) is 91.3.